The summed E-state index contributed by atoms with van der Waals surface area (Å²) in [5, 5.41) is 5.90. The van der Waals surface area contributed by atoms with Crippen molar-refractivity contribution in [2.24, 2.45) is 0 Å². The first kappa shape index (κ1) is 17.7. The molecule has 0 fully saturated rings. The summed E-state index contributed by atoms with van der Waals surface area (Å²) in [5.41, 5.74) is 1.81. The molecule has 126 valence electrons. The molecule has 24 heavy (non-hydrogen) atoms. The Morgan fingerprint density at radius 2 is 1.96 bits per heavy atom. The van der Waals surface area contributed by atoms with Crippen LogP contribution in [0.15, 0.2) is 36.5 Å². The molecule has 0 saturated carbocycles. The second-order valence-electron chi connectivity index (χ2n) is 5.41. The van der Waals surface area contributed by atoms with Gasteiger partial charge in [-0.2, -0.15) is 0 Å². The van der Waals surface area contributed by atoms with Gasteiger partial charge in [-0.3, -0.25) is 9.59 Å². The Bertz CT molecular complexity index is 762. The molecule has 2 aromatic rings. The lowest BCUT2D eigenvalue weighted by molar-refractivity contribution is -0.115. The molecule has 7 heteroatoms. The zero-order chi connectivity index (χ0) is 17.7. The molecule has 0 aliphatic rings. The van der Waals surface area contributed by atoms with Crippen LogP contribution in [-0.4, -0.2) is 37.4 Å². The van der Waals surface area contributed by atoms with Crippen molar-refractivity contribution in [3.05, 3.63) is 52.7 Å². The van der Waals surface area contributed by atoms with Gasteiger partial charge in [-0.1, -0.05) is 17.7 Å². The van der Waals surface area contributed by atoms with Crippen molar-refractivity contribution in [1.29, 1.82) is 0 Å². The first-order valence-electron chi connectivity index (χ1n) is 7.35. The van der Waals surface area contributed by atoms with E-state index in [1.54, 1.807) is 55.5 Å². The number of halogens is 1. The number of benzene rings is 1. The molecule has 6 nitrogen and oxygen atoms in total. The normalized spacial score (nSPS) is 10.2. The van der Waals surface area contributed by atoms with Crippen LogP contribution in [0.4, 0.5) is 11.5 Å². The average molecular weight is 347 g/mol. The van der Waals surface area contributed by atoms with E-state index in [2.05, 4.69) is 15.6 Å². The first-order valence-corrected chi connectivity index (χ1v) is 7.73. The summed E-state index contributed by atoms with van der Waals surface area (Å²) in [5.74, 6) is -0.144. The fourth-order valence-electron chi connectivity index (χ4n) is 2.12. The lowest BCUT2D eigenvalue weighted by Gasteiger charge is -2.15. The van der Waals surface area contributed by atoms with Gasteiger partial charge < -0.3 is 15.5 Å². The average Bonchev–Trinajstić information content (AvgIpc) is 2.56. The maximum Gasteiger partial charge on any atom is 0.255 e. The Kier molecular flexibility index (Phi) is 5.76. The van der Waals surface area contributed by atoms with Crippen molar-refractivity contribution in [2.75, 3.05) is 30.9 Å². The molecule has 2 N–H and O–H groups in total. The van der Waals surface area contributed by atoms with Crippen LogP contribution in [0.2, 0.25) is 5.02 Å². The number of amides is 2. The number of aromatic nitrogens is 1. The van der Waals surface area contributed by atoms with Gasteiger partial charge in [0, 0.05) is 31.0 Å². The van der Waals surface area contributed by atoms with E-state index >= 15 is 0 Å². The smallest absolute Gasteiger partial charge is 0.255 e. The monoisotopic (exact) mass is 346 g/mol. The van der Waals surface area contributed by atoms with Gasteiger partial charge in [0.15, 0.2) is 0 Å². The Balaban J connectivity index is 1.99. The van der Waals surface area contributed by atoms with Crippen LogP contribution in [0.25, 0.3) is 0 Å². The Morgan fingerprint density at radius 1 is 1.21 bits per heavy atom. The lowest BCUT2D eigenvalue weighted by Crippen LogP contribution is -2.34. The van der Waals surface area contributed by atoms with Gasteiger partial charge in [-0.25, -0.2) is 4.98 Å². The molecule has 1 heterocycles. The number of carbonyl (C=O) groups is 2. The van der Waals surface area contributed by atoms with Crippen LogP contribution in [0.3, 0.4) is 0 Å². The minimum Gasteiger partial charge on any atom is -0.362 e. The largest absolute Gasteiger partial charge is 0.362 e. The van der Waals surface area contributed by atoms with Crippen molar-refractivity contribution >= 4 is 34.9 Å². The standard InChI is InChI=1S/C17H19ClN4O2/c1-11-13(18)7-4-8-14(11)21-15(23)10-20-17(24)12-6-5-9-19-16(12)22(2)3/h4-9H,10H2,1-3H3,(H,20,24)(H,21,23). The SMILES string of the molecule is Cc1c(Cl)cccc1NC(=O)CNC(=O)c1cccnc1N(C)C. The van der Waals surface area contributed by atoms with E-state index in [9.17, 15) is 9.59 Å². The minimum atomic E-state index is -0.357. The molecule has 1 aromatic carbocycles. The van der Waals surface area contributed by atoms with E-state index in [1.165, 1.54) is 0 Å². The second-order valence-corrected chi connectivity index (χ2v) is 5.82. The van der Waals surface area contributed by atoms with E-state index in [4.69, 9.17) is 11.6 Å². The third kappa shape index (κ3) is 4.23. The van der Waals surface area contributed by atoms with Crippen molar-refractivity contribution < 1.29 is 9.59 Å². The van der Waals surface area contributed by atoms with Gasteiger partial charge in [0.05, 0.1) is 12.1 Å². The van der Waals surface area contributed by atoms with Gasteiger partial charge in [-0.05, 0) is 36.8 Å². The molecule has 0 unspecified atom stereocenters. The number of rotatable bonds is 5. The number of nitrogens with one attached hydrogen (secondary N) is 2. The van der Waals surface area contributed by atoms with Gasteiger partial charge >= 0.3 is 0 Å². The summed E-state index contributed by atoms with van der Waals surface area (Å²) in [6, 6.07) is 8.60. The zero-order valence-electron chi connectivity index (χ0n) is 13.8. The van der Waals surface area contributed by atoms with Crippen molar-refractivity contribution in [3.63, 3.8) is 0 Å². The van der Waals surface area contributed by atoms with Gasteiger partial charge in [0.1, 0.15) is 5.82 Å². The molecule has 0 radical (unpaired) electrons. The van der Waals surface area contributed by atoms with Crippen LogP contribution < -0.4 is 15.5 Å². The minimum absolute atomic E-state index is 0.146. The van der Waals surface area contributed by atoms with Crippen LogP contribution in [0.5, 0.6) is 0 Å². The summed E-state index contributed by atoms with van der Waals surface area (Å²) in [4.78, 5) is 30.2. The lowest BCUT2D eigenvalue weighted by atomic mass is 10.2. The Hall–Kier alpha value is -2.60. The van der Waals surface area contributed by atoms with E-state index in [-0.39, 0.29) is 18.4 Å². The maximum atomic E-state index is 12.3. The maximum absolute atomic E-state index is 12.3. The molecule has 0 saturated heterocycles. The molecule has 0 bridgehead atoms. The predicted molar refractivity (Wildman–Crippen MR) is 95.7 cm³/mol. The quantitative estimate of drug-likeness (QED) is 0.872. The molecular weight excluding hydrogens is 328 g/mol. The molecule has 2 amide bonds. The topological polar surface area (TPSA) is 74.3 Å². The number of hydrogen-bond donors (Lipinski definition) is 2. The molecule has 1 aromatic heterocycles. The van der Waals surface area contributed by atoms with Crippen LogP contribution >= 0.6 is 11.6 Å². The fourth-order valence-corrected chi connectivity index (χ4v) is 2.30. The predicted octanol–water partition coefficient (Wildman–Crippen LogP) is 2.48. The Morgan fingerprint density at radius 3 is 2.67 bits per heavy atom. The van der Waals surface area contributed by atoms with Gasteiger partial charge in [0.25, 0.3) is 5.91 Å². The van der Waals surface area contributed by atoms with Gasteiger partial charge in [-0.15, -0.1) is 0 Å². The molecule has 0 aliphatic carbocycles. The molecule has 2 rings (SSSR count). The zero-order valence-corrected chi connectivity index (χ0v) is 14.5. The molecule has 0 spiro atoms. The number of anilines is 2. The molecular formula is C17H19ClN4O2. The van der Waals surface area contributed by atoms with Crippen LogP contribution in [-0.2, 0) is 4.79 Å². The summed E-state index contributed by atoms with van der Waals surface area (Å²) in [6.07, 6.45) is 1.61. The molecule has 0 atom stereocenters. The van der Waals surface area contributed by atoms with Gasteiger partial charge in [0.2, 0.25) is 5.91 Å². The molecule has 0 aliphatic heterocycles. The van der Waals surface area contributed by atoms with Crippen molar-refractivity contribution in [2.45, 2.75) is 6.92 Å². The van der Waals surface area contributed by atoms with E-state index < -0.39 is 0 Å². The summed E-state index contributed by atoms with van der Waals surface area (Å²) < 4.78 is 0. The Labute approximate surface area is 145 Å². The second kappa shape index (κ2) is 7.79. The number of hydrogen-bond acceptors (Lipinski definition) is 4. The summed E-state index contributed by atoms with van der Waals surface area (Å²) >= 11 is 6.02. The third-order valence-corrected chi connectivity index (χ3v) is 3.82. The fraction of sp³-hybridized carbons (Fsp3) is 0.235. The number of nitrogens with zero attached hydrogens (tertiary/aromatic N) is 2. The van der Waals surface area contributed by atoms with E-state index in [0.717, 1.165) is 5.56 Å². The van der Waals surface area contributed by atoms with Crippen molar-refractivity contribution in [1.82, 2.24) is 10.3 Å². The summed E-state index contributed by atoms with van der Waals surface area (Å²) in [6.45, 7) is 1.67. The highest BCUT2D eigenvalue weighted by Gasteiger charge is 2.15. The number of pyridine rings is 1. The summed E-state index contributed by atoms with van der Waals surface area (Å²) in [7, 11) is 3.60. The number of carbonyl (C=O) groups excluding carboxylic acids is 2. The van der Waals surface area contributed by atoms with E-state index in [1.807, 2.05) is 6.92 Å². The highest BCUT2D eigenvalue weighted by molar-refractivity contribution is 6.31. The third-order valence-electron chi connectivity index (χ3n) is 3.41. The van der Waals surface area contributed by atoms with Crippen LogP contribution in [0.1, 0.15) is 15.9 Å². The highest BCUT2D eigenvalue weighted by Crippen LogP contribution is 2.22. The van der Waals surface area contributed by atoms with E-state index in [0.29, 0.717) is 22.1 Å². The van der Waals surface area contributed by atoms with Crippen molar-refractivity contribution in [3.8, 4) is 0 Å². The highest BCUT2D eigenvalue weighted by atomic mass is 35.5. The van der Waals surface area contributed by atoms with Crippen LogP contribution in [0, 0.1) is 6.92 Å². The first-order chi connectivity index (χ1) is 11.4.